The molecule has 7 heteroatoms. The van der Waals surface area contributed by atoms with E-state index in [1.54, 1.807) is 0 Å². The van der Waals surface area contributed by atoms with Gasteiger partial charge in [0.25, 0.3) is 0 Å². The van der Waals surface area contributed by atoms with Crippen molar-refractivity contribution >= 4 is 18.0 Å². The fraction of sp³-hybridized carbons (Fsp3) is 0.464. The maximum absolute atomic E-state index is 12.9. The van der Waals surface area contributed by atoms with Gasteiger partial charge in [0.1, 0.15) is 6.61 Å². The Morgan fingerprint density at radius 1 is 0.943 bits per heavy atom. The molecule has 3 aliphatic rings. The van der Waals surface area contributed by atoms with Crippen LogP contribution in [0.3, 0.4) is 0 Å². The molecule has 0 heterocycles. The summed E-state index contributed by atoms with van der Waals surface area (Å²) in [7, 11) is 0. The van der Waals surface area contributed by atoms with Gasteiger partial charge in [-0.1, -0.05) is 55.0 Å². The molecular formula is C28H32N2O5. The third-order valence-electron chi connectivity index (χ3n) is 7.76. The SMILES string of the molecule is O=C(O)CC(NC(=O)[C@H]1CCC[C@H]1CNC(=O)OCC1c2ccccc2-c2ccccc21)C1CC1. The maximum Gasteiger partial charge on any atom is 0.407 e. The Morgan fingerprint density at radius 3 is 2.23 bits per heavy atom. The molecule has 2 saturated carbocycles. The number of aliphatic carboxylic acids is 1. The Kier molecular flexibility index (Phi) is 6.75. The second kappa shape index (κ2) is 10.1. The maximum atomic E-state index is 12.9. The van der Waals surface area contributed by atoms with Crippen LogP contribution in [0.5, 0.6) is 0 Å². The second-order valence-electron chi connectivity index (χ2n) is 10.1. The standard InChI is InChI=1S/C28H32N2O5/c31-26(32)14-25(17-12-13-17)30-27(33)19-11-5-6-18(19)15-29-28(34)35-16-24-22-9-3-1-7-20(22)21-8-2-4-10-23(21)24/h1-4,7-10,17-19,24-25H,5-6,11-16H2,(H,29,34)(H,30,33)(H,31,32)/t18-,19-,25?/m0/s1. The molecule has 0 spiro atoms. The molecule has 2 amide bonds. The zero-order chi connectivity index (χ0) is 24.4. The molecule has 3 N–H and O–H groups in total. The number of rotatable bonds is 9. The summed E-state index contributed by atoms with van der Waals surface area (Å²) in [5, 5.41) is 15.0. The van der Waals surface area contributed by atoms with Gasteiger partial charge in [-0.25, -0.2) is 4.79 Å². The summed E-state index contributed by atoms with van der Waals surface area (Å²) in [4.78, 5) is 36.6. The Morgan fingerprint density at radius 2 is 1.60 bits per heavy atom. The summed E-state index contributed by atoms with van der Waals surface area (Å²) < 4.78 is 5.63. The fourth-order valence-corrected chi connectivity index (χ4v) is 5.80. The van der Waals surface area contributed by atoms with Crippen molar-refractivity contribution in [2.45, 2.75) is 50.5 Å². The van der Waals surface area contributed by atoms with Crippen LogP contribution >= 0.6 is 0 Å². The summed E-state index contributed by atoms with van der Waals surface area (Å²) in [5.74, 6) is -0.873. The van der Waals surface area contributed by atoms with E-state index in [2.05, 4.69) is 34.9 Å². The molecule has 2 fully saturated rings. The Labute approximate surface area is 205 Å². The number of hydrogen-bond donors (Lipinski definition) is 3. The molecule has 184 valence electrons. The van der Waals surface area contributed by atoms with Crippen molar-refractivity contribution in [2.24, 2.45) is 17.8 Å². The van der Waals surface area contributed by atoms with E-state index in [4.69, 9.17) is 9.84 Å². The highest BCUT2D eigenvalue weighted by atomic mass is 16.5. The monoisotopic (exact) mass is 476 g/mol. The van der Waals surface area contributed by atoms with Crippen LogP contribution in [0.2, 0.25) is 0 Å². The van der Waals surface area contributed by atoms with Crippen LogP contribution in [-0.2, 0) is 14.3 Å². The van der Waals surface area contributed by atoms with Gasteiger partial charge >= 0.3 is 12.1 Å². The summed E-state index contributed by atoms with van der Waals surface area (Å²) in [5.41, 5.74) is 4.70. The van der Waals surface area contributed by atoms with Crippen LogP contribution in [0.15, 0.2) is 48.5 Å². The normalized spacial score (nSPS) is 21.6. The van der Waals surface area contributed by atoms with Gasteiger partial charge in [0.05, 0.1) is 6.42 Å². The highest BCUT2D eigenvalue weighted by Crippen LogP contribution is 2.44. The highest BCUT2D eigenvalue weighted by molar-refractivity contribution is 5.81. The second-order valence-corrected chi connectivity index (χ2v) is 10.1. The molecule has 0 radical (unpaired) electrons. The largest absolute Gasteiger partial charge is 0.481 e. The Bertz CT molecular complexity index is 1070. The van der Waals surface area contributed by atoms with Crippen LogP contribution in [0.1, 0.15) is 55.6 Å². The predicted octanol–water partition coefficient (Wildman–Crippen LogP) is 4.31. The average Bonchev–Trinajstić information content (AvgIpc) is 3.51. The van der Waals surface area contributed by atoms with Crippen LogP contribution in [0.25, 0.3) is 11.1 Å². The number of benzene rings is 2. The number of fused-ring (bicyclic) bond motifs is 3. The highest BCUT2D eigenvalue weighted by Gasteiger charge is 2.38. The van der Waals surface area contributed by atoms with Gasteiger partial charge in [-0.2, -0.15) is 0 Å². The van der Waals surface area contributed by atoms with Gasteiger partial charge < -0.3 is 20.5 Å². The van der Waals surface area contributed by atoms with Crippen LogP contribution in [-0.4, -0.2) is 42.3 Å². The first-order chi connectivity index (χ1) is 17.0. The molecule has 7 nitrogen and oxygen atoms in total. The van der Waals surface area contributed by atoms with Gasteiger partial charge in [0, 0.05) is 24.4 Å². The Hall–Kier alpha value is -3.35. The molecule has 35 heavy (non-hydrogen) atoms. The molecular weight excluding hydrogens is 444 g/mol. The summed E-state index contributed by atoms with van der Waals surface area (Å²) in [6, 6.07) is 16.1. The van der Waals surface area contributed by atoms with Crippen molar-refractivity contribution in [3.05, 3.63) is 59.7 Å². The van der Waals surface area contributed by atoms with E-state index < -0.39 is 12.1 Å². The van der Waals surface area contributed by atoms with Crippen LogP contribution in [0.4, 0.5) is 4.79 Å². The van der Waals surface area contributed by atoms with Crippen LogP contribution in [0, 0.1) is 17.8 Å². The molecule has 0 bridgehead atoms. The number of alkyl carbamates (subject to hydrolysis) is 1. The molecule has 1 unspecified atom stereocenters. The number of ether oxygens (including phenoxy) is 1. The van der Waals surface area contributed by atoms with Gasteiger partial charge in [0.2, 0.25) is 5.91 Å². The number of hydrogen-bond acceptors (Lipinski definition) is 4. The zero-order valence-electron chi connectivity index (χ0n) is 19.7. The number of carbonyl (C=O) groups is 3. The van der Waals surface area contributed by atoms with E-state index in [9.17, 15) is 14.4 Å². The number of nitrogens with one attached hydrogen (secondary N) is 2. The first-order valence-electron chi connectivity index (χ1n) is 12.6. The lowest BCUT2D eigenvalue weighted by Gasteiger charge is -2.23. The molecule has 5 rings (SSSR count). The average molecular weight is 477 g/mol. The number of carboxylic acids is 1. The van der Waals surface area contributed by atoms with Crippen molar-refractivity contribution in [2.75, 3.05) is 13.2 Å². The molecule has 2 aromatic rings. The number of amides is 2. The van der Waals surface area contributed by atoms with Crippen LogP contribution < -0.4 is 10.6 Å². The Balaban J connectivity index is 1.13. The quantitative estimate of drug-likeness (QED) is 0.500. The molecule has 3 aliphatic carbocycles. The lowest BCUT2D eigenvalue weighted by molar-refractivity contribution is -0.138. The molecule has 0 aliphatic heterocycles. The van der Waals surface area contributed by atoms with Crippen molar-refractivity contribution in [1.29, 1.82) is 0 Å². The van der Waals surface area contributed by atoms with Crippen molar-refractivity contribution in [1.82, 2.24) is 10.6 Å². The minimum absolute atomic E-state index is 0.00625. The van der Waals surface area contributed by atoms with Crippen molar-refractivity contribution in [3.8, 4) is 11.1 Å². The lowest BCUT2D eigenvalue weighted by atomic mass is 9.94. The predicted molar refractivity (Wildman–Crippen MR) is 131 cm³/mol. The number of carboxylic acid groups (broad SMARTS) is 1. The molecule has 2 aromatic carbocycles. The van der Waals surface area contributed by atoms with Crippen molar-refractivity contribution < 1.29 is 24.2 Å². The minimum Gasteiger partial charge on any atom is -0.481 e. The van der Waals surface area contributed by atoms with E-state index >= 15 is 0 Å². The van der Waals surface area contributed by atoms with E-state index in [0.29, 0.717) is 6.54 Å². The molecule has 0 aromatic heterocycles. The topological polar surface area (TPSA) is 105 Å². The van der Waals surface area contributed by atoms with E-state index in [-0.39, 0.29) is 48.6 Å². The first kappa shape index (κ1) is 23.4. The minimum atomic E-state index is -0.887. The summed E-state index contributed by atoms with van der Waals surface area (Å²) in [6.07, 6.45) is 3.96. The molecule has 3 atom stereocenters. The van der Waals surface area contributed by atoms with E-state index in [0.717, 1.165) is 32.1 Å². The van der Waals surface area contributed by atoms with Gasteiger partial charge in [0.15, 0.2) is 0 Å². The van der Waals surface area contributed by atoms with Gasteiger partial charge in [-0.3, -0.25) is 9.59 Å². The third-order valence-corrected chi connectivity index (χ3v) is 7.76. The molecule has 0 saturated heterocycles. The lowest BCUT2D eigenvalue weighted by Crippen LogP contribution is -2.44. The first-order valence-corrected chi connectivity index (χ1v) is 12.6. The summed E-state index contributed by atoms with van der Waals surface area (Å²) >= 11 is 0. The smallest absolute Gasteiger partial charge is 0.407 e. The van der Waals surface area contributed by atoms with Gasteiger partial charge in [-0.15, -0.1) is 0 Å². The van der Waals surface area contributed by atoms with Gasteiger partial charge in [-0.05, 0) is 59.8 Å². The van der Waals surface area contributed by atoms with Crippen molar-refractivity contribution in [3.63, 3.8) is 0 Å². The van der Waals surface area contributed by atoms with E-state index in [1.165, 1.54) is 22.3 Å². The summed E-state index contributed by atoms with van der Waals surface area (Å²) in [6.45, 7) is 0.633. The van der Waals surface area contributed by atoms with E-state index in [1.807, 2.05) is 24.3 Å². The zero-order valence-corrected chi connectivity index (χ0v) is 19.7. The number of carbonyl (C=O) groups excluding carboxylic acids is 2. The third kappa shape index (κ3) is 5.19. The fourth-order valence-electron chi connectivity index (χ4n) is 5.80.